The van der Waals surface area contributed by atoms with Crippen LogP contribution < -0.4 is 9.64 Å². The SMILES string of the molecule is CCCc1noc(N2CCC(C3Cc4cc(-c5ccc(S(C)(=O)=O)cc5)ccc4O3)CC2)n1. The Labute approximate surface area is 194 Å². The van der Waals surface area contributed by atoms with E-state index >= 15 is 0 Å². The number of hydrogen-bond donors (Lipinski definition) is 0. The summed E-state index contributed by atoms with van der Waals surface area (Å²) in [4.78, 5) is 7.04. The standard InChI is InChI=1S/C25H29N3O4S/c1-3-4-24-26-25(32-27-24)28-13-11-18(12-14-28)23-16-20-15-19(7-10-22(20)31-23)17-5-8-21(9-6-17)33(2,29)30/h5-10,15,18,23H,3-4,11-14,16H2,1-2H3. The fourth-order valence-electron chi connectivity index (χ4n) is 4.77. The van der Waals surface area contributed by atoms with Crippen molar-refractivity contribution >= 4 is 15.9 Å². The van der Waals surface area contributed by atoms with Gasteiger partial charge in [0.15, 0.2) is 15.7 Å². The van der Waals surface area contributed by atoms with Gasteiger partial charge in [0.05, 0.1) is 4.90 Å². The van der Waals surface area contributed by atoms with Crippen molar-refractivity contribution < 1.29 is 17.7 Å². The van der Waals surface area contributed by atoms with Gasteiger partial charge in [-0.15, -0.1) is 0 Å². The van der Waals surface area contributed by atoms with Crippen LogP contribution in [-0.4, -0.2) is 44.0 Å². The summed E-state index contributed by atoms with van der Waals surface area (Å²) in [5.41, 5.74) is 3.30. The molecule has 2 aliphatic rings. The zero-order valence-electron chi connectivity index (χ0n) is 19.0. The van der Waals surface area contributed by atoms with Crippen molar-refractivity contribution in [2.24, 2.45) is 5.92 Å². The van der Waals surface area contributed by atoms with Crippen molar-refractivity contribution in [3.8, 4) is 16.9 Å². The highest BCUT2D eigenvalue weighted by molar-refractivity contribution is 7.90. The summed E-state index contributed by atoms with van der Waals surface area (Å²) in [5, 5.41) is 4.07. The number of nitrogens with zero attached hydrogens (tertiary/aromatic N) is 3. The van der Waals surface area contributed by atoms with Gasteiger partial charge in [0.2, 0.25) is 0 Å². The molecule has 7 nitrogen and oxygen atoms in total. The number of rotatable bonds is 6. The third-order valence-corrected chi connectivity index (χ3v) is 7.77. The highest BCUT2D eigenvalue weighted by Crippen LogP contribution is 2.38. The number of hydrogen-bond acceptors (Lipinski definition) is 7. The Morgan fingerprint density at radius 1 is 1.06 bits per heavy atom. The largest absolute Gasteiger partial charge is 0.490 e. The zero-order chi connectivity index (χ0) is 23.0. The molecule has 1 unspecified atom stereocenters. The van der Waals surface area contributed by atoms with Crippen LogP contribution in [0, 0.1) is 5.92 Å². The van der Waals surface area contributed by atoms with Gasteiger partial charge in [-0.25, -0.2) is 8.42 Å². The fourth-order valence-corrected chi connectivity index (χ4v) is 5.40. The molecule has 1 saturated heterocycles. The summed E-state index contributed by atoms with van der Waals surface area (Å²) in [6.45, 7) is 3.90. The van der Waals surface area contributed by atoms with E-state index in [0.29, 0.717) is 16.8 Å². The molecule has 5 rings (SSSR count). The lowest BCUT2D eigenvalue weighted by molar-refractivity contribution is 0.137. The van der Waals surface area contributed by atoms with Crippen molar-refractivity contribution in [2.45, 2.75) is 50.0 Å². The number of aromatic nitrogens is 2. The first-order valence-electron chi connectivity index (χ1n) is 11.6. The maximum Gasteiger partial charge on any atom is 0.324 e. The van der Waals surface area contributed by atoms with Crippen LogP contribution >= 0.6 is 0 Å². The third-order valence-electron chi connectivity index (χ3n) is 6.64. The molecule has 0 spiro atoms. The molecule has 8 heteroatoms. The molecular formula is C25H29N3O4S. The lowest BCUT2D eigenvalue weighted by atomic mass is 9.88. The molecule has 0 aliphatic carbocycles. The van der Waals surface area contributed by atoms with Gasteiger partial charge in [-0.05, 0) is 66.1 Å². The predicted molar refractivity (Wildman–Crippen MR) is 126 cm³/mol. The van der Waals surface area contributed by atoms with E-state index in [-0.39, 0.29) is 6.10 Å². The summed E-state index contributed by atoms with van der Waals surface area (Å²) < 4.78 is 35.2. The maximum absolute atomic E-state index is 11.7. The van der Waals surface area contributed by atoms with E-state index in [1.807, 2.05) is 24.3 Å². The Morgan fingerprint density at radius 2 is 1.79 bits per heavy atom. The summed E-state index contributed by atoms with van der Waals surface area (Å²) >= 11 is 0. The molecule has 0 saturated carbocycles. The zero-order valence-corrected chi connectivity index (χ0v) is 19.8. The van der Waals surface area contributed by atoms with E-state index in [1.165, 1.54) is 11.8 Å². The molecule has 1 aromatic heterocycles. The molecular weight excluding hydrogens is 438 g/mol. The Hall–Kier alpha value is -2.87. The van der Waals surface area contributed by atoms with Crippen LogP contribution in [0.1, 0.15) is 37.6 Å². The molecule has 33 heavy (non-hydrogen) atoms. The quantitative estimate of drug-likeness (QED) is 0.534. The van der Waals surface area contributed by atoms with E-state index < -0.39 is 9.84 Å². The van der Waals surface area contributed by atoms with Gasteiger partial charge in [0.1, 0.15) is 11.9 Å². The van der Waals surface area contributed by atoms with Crippen LogP contribution in [0.25, 0.3) is 11.1 Å². The highest BCUT2D eigenvalue weighted by Gasteiger charge is 2.34. The topological polar surface area (TPSA) is 85.5 Å². The Kier molecular flexibility index (Phi) is 5.86. The van der Waals surface area contributed by atoms with Crippen LogP contribution in [0.2, 0.25) is 0 Å². The van der Waals surface area contributed by atoms with Crippen molar-refractivity contribution in [1.82, 2.24) is 10.1 Å². The second-order valence-electron chi connectivity index (χ2n) is 9.05. The average Bonchev–Trinajstić information content (AvgIpc) is 3.46. The Balaban J connectivity index is 1.22. The van der Waals surface area contributed by atoms with Crippen molar-refractivity contribution in [3.05, 3.63) is 53.9 Å². The van der Waals surface area contributed by atoms with Crippen LogP contribution in [0.5, 0.6) is 5.75 Å². The van der Waals surface area contributed by atoms with E-state index in [9.17, 15) is 8.42 Å². The fraction of sp³-hybridized carbons (Fsp3) is 0.440. The van der Waals surface area contributed by atoms with Crippen LogP contribution in [0.15, 0.2) is 51.9 Å². The average molecular weight is 468 g/mol. The van der Waals surface area contributed by atoms with Crippen molar-refractivity contribution in [2.75, 3.05) is 24.2 Å². The third kappa shape index (κ3) is 4.62. The number of fused-ring (bicyclic) bond motifs is 1. The van der Waals surface area contributed by atoms with Gasteiger partial charge < -0.3 is 14.2 Å². The van der Waals surface area contributed by atoms with E-state index in [0.717, 1.165) is 67.9 Å². The number of sulfone groups is 1. The normalized spacial score (nSPS) is 18.8. The Bertz CT molecular complexity index is 1230. The van der Waals surface area contributed by atoms with Gasteiger partial charge in [0.25, 0.3) is 0 Å². The summed E-state index contributed by atoms with van der Waals surface area (Å²) in [6.07, 6.45) is 6.23. The van der Waals surface area contributed by atoms with Crippen molar-refractivity contribution in [3.63, 3.8) is 0 Å². The molecule has 0 bridgehead atoms. The van der Waals surface area contributed by atoms with Crippen LogP contribution in [0.3, 0.4) is 0 Å². The summed E-state index contributed by atoms with van der Waals surface area (Å²) in [6, 6.07) is 14.0. The number of aryl methyl sites for hydroxylation is 1. The van der Waals surface area contributed by atoms with E-state index in [1.54, 1.807) is 12.1 Å². The molecule has 0 radical (unpaired) electrons. The molecule has 2 aliphatic heterocycles. The number of anilines is 1. The molecule has 0 N–H and O–H groups in total. The molecule has 3 aromatic rings. The van der Waals surface area contributed by atoms with Gasteiger partial charge in [-0.3, -0.25) is 0 Å². The highest BCUT2D eigenvalue weighted by atomic mass is 32.2. The van der Waals surface area contributed by atoms with Crippen LogP contribution in [-0.2, 0) is 22.7 Å². The monoisotopic (exact) mass is 467 g/mol. The second kappa shape index (κ2) is 8.82. The minimum absolute atomic E-state index is 0.184. The lowest BCUT2D eigenvalue weighted by Crippen LogP contribution is -2.39. The number of benzene rings is 2. The first kappa shape index (κ1) is 21.9. The molecule has 174 valence electrons. The number of ether oxygens (including phenoxy) is 1. The smallest absolute Gasteiger partial charge is 0.324 e. The number of piperidine rings is 1. The molecule has 1 atom stereocenters. The van der Waals surface area contributed by atoms with Crippen LogP contribution in [0.4, 0.5) is 6.01 Å². The Morgan fingerprint density at radius 3 is 2.48 bits per heavy atom. The van der Waals surface area contributed by atoms with Gasteiger partial charge >= 0.3 is 6.01 Å². The first-order chi connectivity index (χ1) is 15.9. The van der Waals surface area contributed by atoms with E-state index in [4.69, 9.17) is 9.26 Å². The van der Waals surface area contributed by atoms with E-state index in [2.05, 4.69) is 28.0 Å². The molecule has 1 fully saturated rings. The first-order valence-corrected chi connectivity index (χ1v) is 13.5. The second-order valence-corrected chi connectivity index (χ2v) is 11.1. The molecule has 0 amide bonds. The van der Waals surface area contributed by atoms with Crippen molar-refractivity contribution in [1.29, 1.82) is 0 Å². The predicted octanol–water partition coefficient (Wildman–Crippen LogP) is 4.31. The van der Waals surface area contributed by atoms with Gasteiger partial charge in [-0.2, -0.15) is 4.98 Å². The summed E-state index contributed by atoms with van der Waals surface area (Å²) in [7, 11) is -3.19. The van der Waals surface area contributed by atoms with Gasteiger partial charge in [-0.1, -0.05) is 30.3 Å². The summed E-state index contributed by atoms with van der Waals surface area (Å²) in [5.74, 6) is 2.23. The molecule has 3 heterocycles. The van der Waals surface area contributed by atoms with Gasteiger partial charge in [0, 0.05) is 32.2 Å². The lowest BCUT2D eigenvalue weighted by Gasteiger charge is -2.33. The maximum atomic E-state index is 11.7. The minimum atomic E-state index is -3.19. The minimum Gasteiger partial charge on any atom is -0.490 e. The molecule has 2 aromatic carbocycles.